The predicted molar refractivity (Wildman–Crippen MR) is 74.9 cm³/mol. The zero-order valence-electron chi connectivity index (χ0n) is 11.5. The van der Waals surface area contributed by atoms with Crippen LogP contribution in [0.2, 0.25) is 0 Å². The largest absolute Gasteiger partial charge is 0.507 e. The summed E-state index contributed by atoms with van der Waals surface area (Å²) in [6.45, 7) is 2.91. The highest BCUT2D eigenvalue weighted by atomic mass is 16.5. The molecule has 0 aliphatic carbocycles. The average Bonchev–Trinajstić information content (AvgIpc) is 2.87. The Labute approximate surface area is 117 Å². The molecule has 1 aromatic carbocycles. The van der Waals surface area contributed by atoms with Crippen molar-refractivity contribution in [2.24, 2.45) is 0 Å². The summed E-state index contributed by atoms with van der Waals surface area (Å²) in [5.41, 5.74) is 1.48. The molecule has 2 aromatic rings. The van der Waals surface area contributed by atoms with Crippen LogP contribution in [0.15, 0.2) is 30.6 Å². The molecule has 106 valence electrons. The molecule has 1 heterocycles. The van der Waals surface area contributed by atoms with Gasteiger partial charge in [0, 0.05) is 13.3 Å². The van der Waals surface area contributed by atoms with Crippen molar-refractivity contribution in [2.45, 2.75) is 13.5 Å². The number of benzene rings is 1. The number of rotatable bonds is 5. The maximum atomic E-state index is 12.1. The third kappa shape index (κ3) is 3.16. The first kappa shape index (κ1) is 14.1. The van der Waals surface area contributed by atoms with Crippen molar-refractivity contribution in [3.05, 3.63) is 41.7 Å². The first-order chi connectivity index (χ1) is 9.61. The van der Waals surface area contributed by atoms with Crippen molar-refractivity contribution in [2.75, 3.05) is 19.0 Å². The molecule has 0 unspecified atom stereocenters. The number of aryl methyl sites for hydroxylation is 1. The molecule has 20 heavy (non-hydrogen) atoms. The molecule has 2 rings (SSSR count). The van der Waals surface area contributed by atoms with Gasteiger partial charge in [0.15, 0.2) is 0 Å². The van der Waals surface area contributed by atoms with Gasteiger partial charge in [-0.2, -0.15) is 5.10 Å². The number of anilines is 1. The van der Waals surface area contributed by atoms with E-state index in [1.807, 2.05) is 0 Å². The van der Waals surface area contributed by atoms with Crippen molar-refractivity contribution in [3.63, 3.8) is 0 Å². The highest BCUT2D eigenvalue weighted by Crippen LogP contribution is 2.22. The molecule has 1 aromatic heterocycles. The van der Waals surface area contributed by atoms with Gasteiger partial charge in [0.25, 0.3) is 5.91 Å². The van der Waals surface area contributed by atoms with Crippen LogP contribution in [0.4, 0.5) is 5.69 Å². The number of aromatic hydroxyl groups is 1. The fourth-order valence-electron chi connectivity index (χ4n) is 1.78. The Morgan fingerprint density at radius 1 is 1.50 bits per heavy atom. The van der Waals surface area contributed by atoms with Gasteiger partial charge in [-0.25, -0.2) is 0 Å². The molecule has 0 saturated heterocycles. The molecular formula is C14H17N3O3. The van der Waals surface area contributed by atoms with E-state index in [1.165, 1.54) is 0 Å². The molecule has 0 atom stereocenters. The molecule has 0 radical (unpaired) electrons. The molecular weight excluding hydrogens is 258 g/mol. The van der Waals surface area contributed by atoms with Crippen LogP contribution in [-0.4, -0.2) is 34.5 Å². The van der Waals surface area contributed by atoms with E-state index in [1.54, 1.807) is 49.3 Å². The second-order valence-electron chi connectivity index (χ2n) is 4.41. The van der Waals surface area contributed by atoms with Crippen molar-refractivity contribution < 1.29 is 14.6 Å². The van der Waals surface area contributed by atoms with Crippen LogP contribution in [0.3, 0.4) is 0 Å². The smallest absolute Gasteiger partial charge is 0.259 e. The third-order valence-corrected chi connectivity index (χ3v) is 2.90. The third-order valence-electron chi connectivity index (χ3n) is 2.90. The van der Waals surface area contributed by atoms with Crippen LogP contribution in [0.5, 0.6) is 5.75 Å². The first-order valence-electron chi connectivity index (χ1n) is 6.23. The number of hydrogen-bond donors (Lipinski definition) is 2. The van der Waals surface area contributed by atoms with Crippen molar-refractivity contribution in [1.29, 1.82) is 0 Å². The van der Waals surface area contributed by atoms with Crippen LogP contribution in [0, 0.1) is 6.92 Å². The molecule has 0 aliphatic heterocycles. The first-order valence-corrected chi connectivity index (χ1v) is 6.23. The fraction of sp³-hybridized carbons (Fsp3) is 0.286. The zero-order chi connectivity index (χ0) is 14.5. The number of carbonyl (C=O) groups is 1. The average molecular weight is 275 g/mol. The maximum absolute atomic E-state index is 12.1. The molecule has 0 bridgehead atoms. The predicted octanol–water partition coefficient (Wildman–Crippen LogP) is 1.80. The summed E-state index contributed by atoms with van der Waals surface area (Å²) in [7, 11) is 1.62. The van der Waals surface area contributed by atoms with E-state index < -0.39 is 0 Å². The Hall–Kier alpha value is -2.34. The van der Waals surface area contributed by atoms with E-state index in [2.05, 4.69) is 10.4 Å². The fourth-order valence-corrected chi connectivity index (χ4v) is 1.78. The van der Waals surface area contributed by atoms with Crippen molar-refractivity contribution in [3.8, 4) is 5.75 Å². The summed E-state index contributed by atoms with van der Waals surface area (Å²) in [6.07, 6.45) is 3.27. The normalized spacial score (nSPS) is 10.5. The van der Waals surface area contributed by atoms with Crippen LogP contribution in [-0.2, 0) is 11.3 Å². The van der Waals surface area contributed by atoms with Gasteiger partial charge < -0.3 is 15.2 Å². The van der Waals surface area contributed by atoms with Gasteiger partial charge in [-0.1, -0.05) is 12.1 Å². The number of hydrogen-bond acceptors (Lipinski definition) is 4. The standard InChI is InChI=1S/C14H17N3O3/c1-10-4-3-5-12(13(10)18)14(19)16-11-8-15-17(9-11)6-7-20-2/h3-5,8-9,18H,6-7H2,1-2H3,(H,16,19). The lowest BCUT2D eigenvalue weighted by atomic mass is 10.1. The highest BCUT2D eigenvalue weighted by molar-refractivity contribution is 6.06. The van der Waals surface area contributed by atoms with Gasteiger partial charge in [-0.05, 0) is 18.6 Å². The van der Waals surface area contributed by atoms with Crippen LogP contribution >= 0.6 is 0 Å². The summed E-state index contributed by atoms with van der Waals surface area (Å²) < 4.78 is 6.63. The highest BCUT2D eigenvalue weighted by Gasteiger charge is 2.13. The number of methoxy groups -OCH3 is 1. The summed E-state index contributed by atoms with van der Waals surface area (Å²) in [4.78, 5) is 12.1. The van der Waals surface area contributed by atoms with E-state index in [0.29, 0.717) is 24.4 Å². The van der Waals surface area contributed by atoms with Gasteiger partial charge in [-0.3, -0.25) is 9.48 Å². The molecule has 0 fully saturated rings. The molecule has 2 N–H and O–H groups in total. The zero-order valence-corrected chi connectivity index (χ0v) is 11.5. The Bertz CT molecular complexity index is 607. The molecule has 6 heteroatoms. The van der Waals surface area contributed by atoms with E-state index in [0.717, 1.165) is 0 Å². The lowest BCUT2D eigenvalue weighted by molar-refractivity contribution is 0.102. The second kappa shape index (κ2) is 6.21. The van der Waals surface area contributed by atoms with Gasteiger partial charge in [0.2, 0.25) is 0 Å². The lowest BCUT2D eigenvalue weighted by Gasteiger charge is -2.06. The van der Waals surface area contributed by atoms with E-state index in [4.69, 9.17) is 4.74 Å². The van der Waals surface area contributed by atoms with Gasteiger partial charge >= 0.3 is 0 Å². The SMILES string of the molecule is COCCn1cc(NC(=O)c2cccc(C)c2O)cn1. The van der Waals surface area contributed by atoms with Crippen LogP contribution in [0.1, 0.15) is 15.9 Å². The molecule has 6 nitrogen and oxygen atoms in total. The number of ether oxygens (including phenoxy) is 1. The number of aromatic nitrogens is 2. The summed E-state index contributed by atoms with van der Waals surface area (Å²) in [5.74, 6) is -0.366. The Morgan fingerprint density at radius 2 is 2.30 bits per heavy atom. The topological polar surface area (TPSA) is 76.4 Å². The van der Waals surface area contributed by atoms with Crippen molar-refractivity contribution in [1.82, 2.24) is 9.78 Å². The number of para-hydroxylation sites is 1. The van der Waals surface area contributed by atoms with Gasteiger partial charge in [0.1, 0.15) is 5.75 Å². The second-order valence-corrected chi connectivity index (χ2v) is 4.41. The quantitative estimate of drug-likeness (QED) is 0.872. The molecule has 1 amide bonds. The van der Waals surface area contributed by atoms with Crippen molar-refractivity contribution >= 4 is 11.6 Å². The summed E-state index contributed by atoms with van der Waals surface area (Å²) in [5, 5.41) is 16.7. The molecule has 0 saturated carbocycles. The minimum absolute atomic E-state index is 0.00299. The summed E-state index contributed by atoms with van der Waals surface area (Å²) >= 11 is 0. The maximum Gasteiger partial charge on any atom is 0.259 e. The number of phenolic OH excluding ortho intramolecular Hbond substituents is 1. The van der Waals surface area contributed by atoms with Gasteiger partial charge in [-0.15, -0.1) is 0 Å². The number of nitrogens with zero attached hydrogens (tertiary/aromatic N) is 2. The van der Waals surface area contributed by atoms with Crippen LogP contribution < -0.4 is 5.32 Å². The monoisotopic (exact) mass is 275 g/mol. The lowest BCUT2D eigenvalue weighted by Crippen LogP contribution is -2.12. The minimum Gasteiger partial charge on any atom is -0.507 e. The summed E-state index contributed by atoms with van der Waals surface area (Å²) in [6, 6.07) is 5.05. The Kier molecular flexibility index (Phi) is 4.37. The Balaban J connectivity index is 2.07. The van der Waals surface area contributed by atoms with E-state index >= 15 is 0 Å². The molecule has 0 spiro atoms. The minimum atomic E-state index is -0.363. The number of amides is 1. The number of phenols is 1. The van der Waals surface area contributed by atoms with Gasteiger partial charge in [0.05, 0.1) is 30.6 Å². The van der Waals surface area contributed by atoms with Crippen LogP contribution in [0.25, 0.3) is 0 Å². The van der Waals surface area contributed by atoms with E-state index in [-0.39, 0.29) is 17.2 Å². The number of nitrogens with one attached hydrogen (secondary N) is 1. The number of carbonyl (C=O) groups excluding carboxylic acids is 1. The van der Waals surface area contributed by atoms with E-state index in [9.17, 15) is 9.90 Å². The Morgan fingerprint density at radius 3 is 3.05 bits per heavy atom. The molecule has 0 aliphatic rings.